The molecule has 3 aromatic rings. The highest BCUT2D eigenvalue weighted by atomic mass is 15.3. The number of hydrogen-bond donors (Lipinski definition) is 1. The molecule has 0 atom stereocenters. The molecular weight excluding hydrogens is 260 g/mol. The maximum absolute atomic E-state index is 4.61. The van der Waals surface area contributed by atoms with Crippen molar-refractivity contribution in [3.8, 4) is 5.82 Å². The topological polar surface area (TPSA) is 42.7 Å². The third-order valence-corrected chi connectivity index (χ3v) is 3.45. The van der Waals surface area contributed by atoms with Crippen molar-refractivity contribution in [2.75, 3.05) is 6.54 Å². The van der Waals surface area contributed by atoms with Crippen molar-refractivity contribution in [2.45, 2.75) is 20.4 Å². The average molecular weight is 280 g/mol. The van der Waals surface area contributed by atoms with Gasteiger partial charge in [-0.2, -0.15) is 5.10 Å². The molecule has 0 saturated carbocycles. The van der Waals surface area contributed by atoms with E-state index in [9.17, 15) is 0 Å². The Morgan fingerprint density at radius 3 is 2.67 bits per heavy atom. The van der Waals surface area contributed by atoms with E-state index in [0.717, 1.165) is 24.3 Å². The number of pyridine rings is 1. The van der Waals surface area contributed by atoms with Crippen molar-refractivity contribution >= 4 is 10.8 Å². The number of hydrogen-bond acceptors (Lipinski definition) is 3. The van der Waals surface area contributed by atoms with E-state index in [1.807, 2.05) is 29.2 Å². The average Bonchev–Trinajstić information content (AvgIpc) is 3.01. The van der Waals surface area contributed by atoms with E-state index in [1.165, 1.54) is 10.9 Å². The molecule has 4 nitrogen and oxygen atoms in total. The Labute approximate surface area is 124 Å². The van der Waals surface area contributed by atoms with Crippen LogP contribution in [0.25, 0.3) is 16.6 Å². The van der Waals surface area contributed by atoms with Crippen LogP contribution in [0.3, 0.4) is 0 Å². The fourth-order valence-electron chi connectivity index (χ4n) is 2.45. The molecule has 0 saturated heterocycles. The minimum absolute atomic E-state index is 0.646. The summed E-state index contributed by atoms with van der Waals surface area (Å²) in [5.41, 5.74) is 1.22. The third-order valence-electron chi connectivity index (χ3n) is 3.45. The molecular formula is C17H20N4. The Kier molecular flexibility index (Phi) is 3.97. The van der Waals surface area contributed by atoms with Crippen LogP contribution in [0.1, 0.15) is 19.4 Å². The van der Waals surface area contributed by atoms with E-state index in [4.69, 9.17) is 0 Å². The van der Waals surface area contributed by atoms with E-state index in [-0.39, 0.29) is 0 Å². The zero-order valence-corrected chi connectivity index (χ0v) is 12.5. The molecule has 1 N–H and O–H groups in total. The molecule has 21 heavy (non-hydrogen) atoms. The van der Waals surface area contributed by atoms with Crippen molar-refractivity contribution in [3.05, 3.63) is 54.5 Å². The highest BCUT2D eigenvalue weighted by Gasteiger charge is 2.08. The largest absolute Gasteiger partial charge is 0.312 e. The van der Waals surface area contributed by atoms with Gasteiger partial charge < -0.3 is 5.32 Å². The summed E-state index contributed by atoms with van der Waals surface area (Å²) in [6.07, 6.45) is 5.65. The number of rotatable bonds is 5. The van der Waals surface area contributed by atoms with Crippen LogP contribution >= 0.6 is 0 Å². The van der Waals surface area contributed by atoms with Gasteiger partial charge in [-0.1, -0.05) is 38.1 Å². The SMILES string of the molecule is CC(C)CNCc1cnc(-n2cccn2)c2ccccc12. The molecule has 108 valence electrons. The number of aromatic nitrogens is 3. The predicted octanol–water partition coefficient (Wildman–Crippen LogP) is 3.17. The van der Waals surface area contributed by atoms with Gasteiger partial charge in [-0.05, 0) is 29.5 Å². The minimum Gasteiger partial charge on any atom is -0.312 e. The summed E-state index contributed by atoms with van der Waals surface area (Å²) in [4.78, 5) is 4.61. The lowest BCUT2D eigenvalue weighted by Crippen LogP contribution is -2.19. The Balaban J connectivity index is 1.99. The number of fused-ring (bicyclic) bond motifs is 1. The molecule has 0 unspecified atom stereocenters. The first-order valence-electron chi connectivity index (χ1n) is 7.33. The highest BCUT2D eigenvalue weighted by molar-refractivity contribution is 5.90. The number of nitrogens with one attached hydrogen (secondary N) is 1. The van der Waals surface area contributed by atoms with Crippen molar-refractivity contribution < 1.29 is 0 Å². The summed E-state index contributed by atoms with van der Waals surface area (Å²) in [5.74, 6) is 1.52. The molecule has 0 aliphatic rings. The fraction of sp³-hybridized carbons (Fsp3) is 0.294. The van der Waals surface area contributed by atoms with Gasteiger partial charge in [0.1, 0.15) is 0 Å². The van der Waals surface area contributed by atoms with Crippen LogP contribution in [0, 0.1) is 5.92 Å². The highest BCUT2D eigenvalue weighted by Crippen LogP contribution is 2.23. The van der Waals surface area contributed by atoms with Gasteiger partial charge in [0.15, 0.2) is 5.82 Å². The Morgan fingerprint density at radius 2 is 1.95 bits per heavy atom. The lowest BCUT2D eigenvalue weighted by Gasteiger charge is -2.12. The molecule has 0 amide bonds. The molecule has 0 aliphatic carbocycles. The lowest BCUT2D eigenvalue weighted by atomic mass is 10.1. The van der Waals surface area contributed by atoms with E-state index in [1.54, 1.807) is 6.20 Å². The molecule has 0 bridgehead atoms. The van der Waals surface area contributed by atoms with Crippen molar-refractivity contribution in [1.29, 1.82) is 0 Å². The summed E-state index contributed by atoms with van der Waals surface area (Å²) in [7, 11) is 0. The second kappa shape index (κ2) is 6.06. The lowest BCUT2D eigenvalue weighted by molar-refractivity contribution is 0.553. The molecule has 2 heterocycles. The van der Waals surface area contributed by atoms with Crippen molar-refractivity contribution in [3.63, 3.8) is 0 Å². The first-order valence-corrected chi connectivity index (χ1v) is 7.33. The molecule has 0 spiro atoms. The van der Waals surface area contributed by atoms with Crippen molar-refractivity contribution in [2.24, 2.45) is 5.92 Å². The Morgan fingerprint density at radius 1 is 1.14 bits per heavy atom. The molecule has 4 heteroatoms. The van der Waals surface area contributed by atoms with E-state index >= 15 is 0 Å². The summed E-state index contributed by atoms with van der Waals surface area (Å²) < 4.78 is 1.81. The van der Waals surface area contributed by atoms with Gasteiger partial charge in [-0.3, -0.25) is 0 Å². The van der Waals surface area contributed by atoms with Crippen LogP contribution in [0.2, 0.25) is 0 Å². The van der Waals surface area contributed by atoms with Crippen LogP contribution in [0.15, 0.2) is 48.9 Å². The van der Waals surface area contributed by atoms with E-state index < -0.39 is 0 Å². The first-order chi connectivity index (χ1) is 10.3. The Bertz CT molecular complexity index is 717. The number of benzene rings is 1. The Hall–Kier alpha value is -2.20. The second-order valence-electron chi connectivity index (χ2n) is 5.63. The molecule has 0 radical (unpaired) electrons. The molecule has 0 aliphatic heterocycles. The normalized spacial score (nSPS) is 11.4. The zero-order valence-electron chi connectivity index (χ0n) is 12.5. The third kappa shape index (κ3) is 2.95. The maximum Gasteiger partial charge on any atom is 0.161 e. The summed E-state index contributed by atoms with van der Waals surface area (Å²) in [6.45, 7) is 6.27. The minimum atomic E-state index is 0.646. The van der Waals surface area contributed by atoms with E-state index in [0.29, 0.717) is 5.92 Å². The smallest absolute Gasteiger partial charge is 0.161 e. The van der Waals surface area contributed by atoms with E-state index in [2.05, 4.69) is 47.4 Å². The van der Waals surface area contributed by atoms with Crippen molar-refractivity contribution in [1.82, 2.24) is 20.1 Å². The van der Waals surface area contributed by atoms with Crippen LogP contribution in [0.4, 0.5) is 0 Å². The second-order valence-corrected chi connectivity index (χ2v) is 5.63. The first kappa shape index (κ1) is 13.8. The molecule has 3 rings (SSSR count). The maximum atomic E-state index is 4.61. The predicted molar refractivity (Wildman–Crippen MR) is 85.4 cm³/mol. The molecule has 0 fully saturated rings. The van der Waals surface area contributed by atoms with Crippen LogP contribution in [0.5, 0.6) is 0 Å². The van der Waals surface area contributed by atoms with Gasteiger partial charge in [0, 0.05) is 30.5 Å². The number of nitrogens with zero attached hydrogens (tertiary/aromatic N) is 3. The fourth-order valence-corrected chi connectivity index (χ4v) is 2.45. The summed E-state index contributed by atoms with van der Waals surface area (Å²) in [5, 5.41) is 10.1. The zero-order chi connectivity index (χ0) is 14.7. The standard InChI is InChI=1S/C17H20N4/c1-13(2)10-18-11-14-12-19-17(21-9-5-8-20-21)16-7-4-3-6-15(14)16/h3-9,12-13,18H,10-11H2,1-2H3. The summed E-state index contributed by atoms with van der Waals surface area (Å²) in [6, 6.07) is 10.3. The van der Waals surface area contributed by atoms with Gasteiger partial charge in [0.2, 0.25) is 0 Å². The van der Waals surface area contributed by atoms with Crippen LogP contribution in [-0.2, 0) is 6.54 Å². The quantitative estimate of drug-likeness (QED) is 0.780. The summed E-state index contributed by atoms with van der Waals surface area (Å²) >= 11 is 0. The van der Waals surface area contributed by atoms with Gasteiger partial charge in [0.05, 0.1) is 0 Å². The molecule has 2 aromatic heterocycles. The van der Waals surface area contributed by atoms with Gasteiger partial charge in [0.25, 0.3) is 0 Å². The van der Waals surface area contributed by atoms with Crippen LogP contribution in [-0.4, -0.2) is 21.3 Å². The van der Waals surface area contributed by atoms with Crippen LogP contribution < -0.4 is 5.32 Å². The molecule has 1 aromatic carbocycles. The van der Waals surface area contributed by atoms with Gasteiger partial charge in [-0.15, -0.1) is 0 Å². The van der Waals surface area contributed by atoms with Gasteiger partial charge in [-0.25, -0.2) is 9.67 Å². The monoisotopic (exact) mass is 280 g/mol. The van der Waals surface area contributed by atoms with Gasteiger partial charge >= 0.3 is 0 Å².